The molecule has 2 aliphatic heterocycles. The van der Waals surface area contributed by atoms with Crippen molar-refractivity contribution in [3.63, 3.8) is 0 Å². The third kappa shape index (κ3) is 4.06. The van der Waals surface area contributed by atoms with E-state index in [0.717, 1.165) is 25.0 Å². The number of benzene rings is 1. The van der Waals surface area contributed by atoms with Crippen molar-refractivity contribution in [3.8, 4) is 5.75 Å². The predicted molar refractivity (Wildman–Crippen MR) is 85.3 cm³/mol. The molecule has 3 rings (SSSR count). The molecule has 1 atom stereocenters. The molecule has 1 aromatic carbocycles. The van der Waals surface area contributed by atoms with Gasteiger partial charge in [-0.25, -0.2) is 8.42 Å². The van der Waals surface area contributed by atoms with Crippen molar-refractivity contribution in [2.45, 2.75) is 43.1 Å². The van der Waals surface area contributed by atoms with Crippen LogP contribution < -0.4 is 4.74 Å². The minimum Gasteiger partial charge on any atom is -0.433 e. The minimum absolute atomic E-state index is 0.0796. The predicted octanol–water partition coefficient (Wildman–Crippen LogP) is 2.86. The first kappa shape index (κ1) is 18.8. The van der Waals surface area contributed by atoms with Crippen LogP contribution in [-0.4, -0.2) is 51.4 Å². The first-order valence-electron chi connectivity index (χ1n) is 7.89. The van der Waals surface area contributed by atoms with Gasteiger partial charge in [-0.1, -0.05) is 18.0 Å². The monoisotopic (exact) mass is 397 g/mol. The zero-order valence-corrected chi connectivity index (χ0v) is 14.8. The van der Waals surface area contributed by atoms with Crippen molar-refractivity contribution in [2.75, 3.05) is 19.8 Å². The van der Waals surface area contributed by atoms with Gasteiger partial charge in [-0.15, -0.1) is 0 Å². The lowest BCUT2D eigenvalue weighted by atomic mass is 10.0. The van der Waals surface area contributed by atoms with Crippen LogP contribution >= 0.6 is 11.6 Å². The van der Waals surface area contributed by atoms with Crippen LogP contribution in [0.15, 0.2) is 23.1 Å². The van der Waals surface area contributed by atoms with E-state index >= 15 is 0 Å². The number of hydrogen-bond donors (Lipinski definition) is 0. The van der Waals surface area contributed by atoms with Gasteiger partial charge >= 0.3 is 6.61 Å². The molecule has 0 saturated carbocycles. The molecule has 0 bridgehead atoms. The Morgan fingerprint density at radius 3 is 2.60 bits per heavy atom. The maximum atomic E-state index is 13.0. The third-order valence-electron chi connectivity index (χ3n) is 4.19. The highest BCUT2D eigenvalue weighted by Crippen LogP contribution is 2.33. The van der Waals surface area contributed by atoms with Gasteiger partial charge in [-0.2, -0.15) is 13.1 Å². The highest BCUT2D eigenvalue weighted by Gasteiger charge is 2.40. The average Bonchev–Trinajstić information content (AvgIpc) is 3.10. The van der Waals surface area contributed by atoms with Gasteiger partial charge < -0.3 is 14.2 Å². The Balaban J connectivity index is 1.87. The normalized spacial score (nSPS) is 23.3. The van der Waals surface area contributed by atoms with Gasteiger partial charge in [0.15, 0.2) is 6.29 Å². The SMILES string of the molecule is O=S(=O)(c1ccc(OC(F)F)c(Cl)c1)N1CCCC[C@@H]1C1OCCO1. The number of rotatable bonds is 5. The lowest BCUT2D eigenvalue weighted by Gasteiger charge is -2.36. The summed E-state index contributed by atoms with van der Waals surface area (Å²) in [6.45, 7) is -1.84. The molecule has 0 unspecified atom stereocenters. The van der Waals surface area contributed by atoms with Gasteiger partial charge in [0.1, 0.15) is 5.75 Å². The van der Waals surface area contributed by atoms with Crippen molar-refractivity contribution >= 4 is 21.6 Å². The number of halogens is 3. The van der Waals surface area contributed by atoms with Crippen molar-refractivity contribution in [1.29, 1.82) is 0 Å². The summed E-state index contributed by atoms with van der Waals surface area (Å²) >= 11 is 5.89. The fourth-order valence-corrected chi connectivity index (χ4v) is 5.07. The molecule has 2 aliphatic rings. The highest BCUT2D eigenvalue weighted by molar-refractivity contribution is 7.89. The number of sulfonamides is 1. The third-order valence-corrected chi connectivity index (χ3v) is 6.40. The van der Waals surface area contributed by atoms with Crippen molar-refractivity contribution in [2.24, 2.45) is 0 Å². The summed E-state index contributed by atoms with van der Waals surface area (Å²) in [5, 5.41) is -0.191. The van der Waals surface area contributed by atoms with E-state index in [1.165, 1.54) is 10.4 Å². The molecule has 0 radical (unpaired) electrons. The summed E-state index contributed by atoms with van der Waals surface area (Å²) in [5.41, 5.74) is 0. The molecular formula is C15H18ClF2NO5S. The summed E-state index contributed by atoms with van der Waals surface area (Å²) < 4.78 is 67.2. The second kappa shape index (κ2) is 7.71. The molecule has 2 heterocycles. The number of hydrogen-bond acceptors (Lipinski definition) is 5. The van der Waals surface area contributed by atoms with E-state index in [2.05, 4.69) is 4.74 Å². The van der Waals surface area contributed by atoms with E-state index in [0.29, 0.717) is 26.2 Å². The fraction of sp³-hybridized carbons (Fsp3) is 0.600. The van der Waals surface area contributed by atoms with Crippen molar-refractivity contribution in [3.05, 3.63) is 23.2 Å². The van der Waals surface area contributed by atoms with Crippen LogP contribution in [0.1, 0.15) is 19.3 Å². The van der Waals surface area contributed by atoms with Crippen LogP contribution in [0, 0.1) is 0 Å². The van der Waals surface area contributed by atoms with E-state index in [1.807, 2.05) is 0 Å². The molecule has 2 fully saturated rings. The Morgan fingerprint density at radius 2 is 1.96 bits per heavy atom. The molecule has 1 aromatic rings. The zero-order chi connectivity index (χ0) is 18.0. The summed E-state index contributed by atoms with van der Waals surface area (Å²) in [6, 6.07) is 3.04. The van der Waals surface area contributed by atoms with E-state index in [4.69, 9.17) is 21.1 Å². The van der Waals surface area contributed by atoms with Gasteiger partial charge in [-0.3, -0.25) is 0 Å². The Labute approximate surface area is 149 Å². The van der Waals surface area contributed by atoms with Gasteiger partial charge in [-0.05, 0) is 31.0 Å². The van der Waals surface area contributed by atoms with Gasteiger partial charge in [0.2, 0.25) is 10.0 Å². The second-order valence-corrected chi connectivity index (χ2v) is 8.06. The van der Waals surface area contributed by atoms with E-state index in [1.54, 1.807) is 0 Å². The molecule has 0 spiro atoms. The van der Waals surface area contributed by atoms with Crippen LogP contribution in [0.2, 0.25) is 5.02 Å². The molecule has 0 amide bonds. The Hall–Kier alpha value is -1.00. The maximum absolute atomic E-state index is 13.0. The number of nitrogens with zero attached hydrogens (tertiary/aromatic N) is 1. The van der Waals surface area contributed by atoms with E-state index in [-0.39, 0.29) is 15.7 Å². The largest absolute Gasteiger partial charge is 0.433 e. The average molecular weight is 398 g/mol. The smallest absolute Gasteiger partial charge is 0.387 e. The Morgan fingerprint density at radius 1 is 1.24 bits per heavy atom. The summed E-state index contributed by atoms with van der Waals surface area (Å²) in [6.07, 6.45) is 1.64. The number of ether oxygens (including phenoxy) is 3. The van der Waals surface area contributed by atoms with Crippen molar-refractivity contribution in [1.82, 2.24) is 4.31 Å². The summed E-state index contributed by atoms with van der Waals surface area (Å²) in [7, 11) is -3.87. The molecule has 0 aromatic heterocycles. The van der Waals surface area contributed by atoms with Crippen LogP contribution in [0.4, 0.5) is 8.78 Å². The standard InChI is InChI=1S/C15H18ClF2NO5S/c16-11-9-10(4-5-13(11)24-15(17)18)25(20,21)19-6-2-1-3-12(19)14-22-7-8-23-14/h4-5,9,12,14-15H,1-3,6-8H2/t12-/m1/s1. The fourth-order valence-electron chi connectivity index (χ4n) is 3.07. The lowest BCUT2D eigenvalue weighted by Crippen LogP contribution is -2.50. The van der Waals surface area contributed by atoms with Crippen LogP contribution in [-0.2, 0) is 19.5 Å². The Kier molecular flexibility index (Phi) is 5.79. The number of piperidine rings is 1. The van der Waals surface area contributed by atoms with E-state index in [9.17, 15) is 17.2 Å². The first-order chi connectivity index (χ1) is 11.9. The van der Waals surface area contributed by atoms with Crippen LogP contribution in [0.25, 0.3) is 0 Å². The summed E-state index contributed by atoms with van der Waals surface area (Å²) in [4.78, 5) is -0.0796. The first-order valence-corrected chi connectivity index (χ1v) is 9.71. The molecule has 10 heteroatoms. The molecule has 25 heavy (non-hydrogen) atoms. The van der Waals surface area contributed by atoms with Crippen LogP contribution in [0.3, 0.4) is 0 Å². The molecule has 2 saturated heterocycles. The number of alkyl halides is 2. The van der Waals surface area contributed by atoms with Gasteiger partial charge in [0, 0.05) is 6.54 Å². The van der Waals surface area contributed by atoms with E-state index < -0.39 is 29.0 Å². The maximum Gasteiger partial charge on any atom is 0.387 e. The molecule has 0 N–H and O–H groups in total. The molecule has 0 aliphatic carbocycles. The van der Waals surface area contributed by atoms with Crippen LogP contribution in [0.5, 0.6) is 5.75 Å². The quantitative estimate of drug-likeness (QED) is 0.764. The molecule has 140 valence electrons. The highest BCUT2D eigenvalue weighted by atomic mass is 35.5. The minimum atomic E-state index is -3.87. The second-order valence-electron chi connectivity index (χ2n) is 5.76. The molecule has 6 nitrogen and oxygen atoms in total. The van der Waals surface area contributed by atoms with Gasteiger partial charge in [0.25, 0.3) is 0 Å². The lowest BCUT2D eigenvalue weighted by molar-refractivity contribution is -0.0913. The zero-order valence-electron chi connectivity index (χ0n) is 13.2. The summed E-state index contributed by atoms with van der Waals surface area (Å²) in [5.74, 6) is -0.270. The molecular weight excluding hydrogens is 380 g/mol. The van der Waals surface area contributed by atoms with Gasteiger partial charge in [0.05, 0.1) is 29.2 Å². The topological polar surface area (TPSA) is 65.1 Å². The van der Waals surface area contributed by atoms with Crippen molar-refractivity contribution < 1.29 is 31.4 Å². The Bertz CT molecular complexity index is 712.